The number of carbonyl (C=O) groups is 2. The topological polar surface area (TPSA) is 158 Å². The van der Waals surface area contributed by atoms with E-state index in [-0.39, 0.29) is 6.61 Å². The molecule has 0 saturated heterocycles. The van der Waals surface area contributed by atoms with Crippen molar-refractivity contribution in [2.75, 3.05) is 13.2 Å². The minimum atomic E-state index is -1.68. The van der Waals surface area contributed by atoms with E-state index < -0.39 is 54.7 Å². The molecule has 2 heterocycles. The second-order valence-electron chi connectivity index (χ2n) is 5.80. The van der Waals surface area contributed by atoms with Gasteiger partial charge in [-0.25, -0.2) is 9.78 Å². The van der Waals surface area contributed by atoms with Crippen LogP contribution in [-0.4, -0.2) is 81.0 Å². The number of aliphatic hydroxyl groups excluding tert-OH is 3. The number of aliphatic carboxylic acids is 1. The van der Waals surface area contributed by atoms with Gasteiger partial charge in [0.05, 0.1) is 12.6 Å². The maximum atomic E-state index is 11.6. The molecule has 10 nitrogen and oxygen atoms in total. The summed E-state index contributed by atoms with van der Waals surface area (Å²) in [6.07, 6.45) is -2.94. The Labute approximate surface area is 164 Å². The molecule has 1 aliphatic heterocycles. The van der Waals surface area contributed by atoms with Gasteiger partial charge in [-0.15, -0.1) is 11.3 Å². The molecule has 1 amide bonds. The first-order valence-electron chi connectivity index (χ1n) is 8.19. The third-order valence-corrected chi connectivity index (χ3v) is 4.45. The van der Waals surface area contributed by atoms with Crippen LogP contribution in [0.3, 0.4) is 0 Å². The molecule has 0 aromatic carbocycles. The van der Waals surface area contributed by atoms with Gasteiger partial charge in [-0.2, -0.15) is 0 Å². The molecule has 5 atom stereocenters. The normalized spacial score (nSPS) is 23.4. The van der Waals surface area contributed by atoms with Crippen LogP contribution >= 0.6 is 11.3 Å². The quantitative estimate of drug-likeness (QED) is 0.335. The standard InChI is InChI=1S/C17H20N2O8S/c1-9(21)19-14-11(26-5-2-3-13-18-4-6-28-13)7-12(17(24)25)27-16(14)15(23)10(22)8-20/h4,6-7,10-11,14-16,20,22-23H,5,8H2,1H3,(H,19,21)(H,24,25)/t10-,11+,14-,15-,16+/m1/s1. The van der Waals surface area contributed by atoms with Crippen molar-refractivity contribution in [3.05, 3.63) is 28.4 Å². The zero-order valence-electron chi connectivity index (χ0n) is 14.8. The lowest BCUT2D eigenvalue weighted by Gasteiger charge is -2.39. The molecule has 0 radical (unpaired) electrons. The van der Waals surface area contributed by atoms with Gasteiger partial charge in [0, 0.05) is 18.5 Å². The van der Waals surface area contributed by atoms with Gasteiger partial charge in [-0.05, 0) is 12.0 Å². The minimum Gasteiger partial charge on any atom is -0.478 e. The zero-order chi connectivity index (χ0) is 20.7. The number of ether oxygens (including phenoxy) is 2. The Morgan fingerprint density at radius 1 is 1.46 bits per heavy atom. The number of nitrogens with zero attached hydrogens (tertiary/aromatic N) is 1. The van der Waals surface area contributed by atoms with E-state index in [1.165, 1.54) is 18.3 Å². The van der Waals surface area contributed by atoms with Crippen LogP contribution in [0.25, 0.3) is 0 Å². The average molecular weight is 412 g/mol. The smallest absolute Gasteiger partial charge is 0.370 e. The van der Waals surface area contributed by atoms with E-state index in [1.807, 2.05) is 0 Å². The SMILES string of the molecule is CC(=O)N[C@H]1[C@@H]([C@H](O)[C@H](O)CO)OC(C(=O)O)=C[C@@H]1OCC#Cc1nccs1. The van der Waals surface area contributed by atoms with Gasteiger partial charge >= 0.3 is 5.97 Å². The van der Waals surface area contributed by atoms with E-state index >= 15 is 0 Å². The fourth-order valence-electron chi connectivity index (χ4n) is 2.52. The molecule has 11 heteroatoms. The summed E-state index contributed by atoms with van der Waals surface area (Å²) in [6.45, 7) is 0.321. The highest BCUT2D eigenvalue weighted by Gasteiger charge is 2.44. The highest BCUT2D eigenvalue weighted by Crippen LogP contribution is 2.24. The minimum absolute atomic E-state index is 0.116. The van der Waals surface area contributed by atoms with Crippen molar-refractivity contribution in [3.63, 3.8) is 0 Å². The van der Waals surface area contributed by atoms with E-state index in [1.54, 1.807) is 11.6 Å². The fraction of sp³-hybridized carbons (Fsp3) is 0.471. The number of carbonyl (C=O) groups excluding carboxylic acids is 1. The largest absolute Gasteiger partial charge is 0.478 e. The van der Waals surface area contributed by atoms with Crippen LogP contribution in [0, 0.1) is 11.8 Å². The van der Waals surface area contributed by atoms with Crippen molar-refractivity contribution in [2.24, 2.45) is 0 Å². The predicted octanol–water partition coefficient (Wildman–Crippen LogP) is -1.53. The van der Waals surface area contributed by atoms with Gasteiger partial charge in [-0.1, -0.05) is 5.92 Å². The monoisotopic (exact) mass is 412 g/mol. The molecule has 0 saturated carbocycles. The summed E-state index contributed by atoms with van der Waals surface area (Å²) in [7, 11) is 0. The summed E-state index contributed by atoms with van der Waals surface area (Å²) in [6, 6.07) is -1.03. The number of nitrogens with one attached hydrogen (secondary N) is 1. The summed E-state index contributed by atoms with van der Waals surface area (Å²) in [5, 5.41) is 43.2. The maximum Gasteiger partial charge on any atom is 0.370 e. The Bertz CT molecular complexity index is 770. The predicted molar refractivity (Wildman–Crippen MR) is 96.0 cm³/mol. The number of aliphatic hydroxyl groups is 3. The van der Waals surface area contributed by atoms with Gasteiger partial charge in [-0.3, -0.25) is 4.79 Å². The van der Waals surface area contributed by atoms with E-state index in [4.69, 9.17) is 14.6 Å². The average Bonchev–Trinajstić information content (AvgIpc) is 3.17. The van der Waals surface area contributed by atoms with E-state index in [2.05, 4.69) is 22.1 Å². The number of carboxylic acid groups (broad SMARTS) is 1. The van der Waals surface area contributed by atoms with Crippen molar-refractivity contribution < 1.29 is 39.5 Å². The molecule has 1 aliphatic rings. The van der Waals surface area contributed by atoms with Gasteiger partial charge in [0.25, 0.3) is 0 Å². The van der Waals surface area contributed by atoms with E-state index in [9.17, 15) is 24.9 Å². The first-order chi connectivity index (χ1) is 13.3. The molecule has 152 valence electrons. The first kappa shape index (κ1) is 21.8. The summed E-state index contributed by atoms with van der Waals surface area (Å²) in [5.74, 6) is 3.07. The van der Waals surface area contributed by atoms with Gasteiger partial charge in [0.2, 0.25) is 11.7 Å². The molecular formula is C17H20N2O8S. The number of rotatable bonds is 7. The third kappa shape index (κ3) is 5.75. The van der Waals surface area contributed by atoms with Crippen molar-refractivity contribution >= 4 is 23.2 Å². The highest BCUT2D eigenvalue weighted by atomic mass is 32.1. The summed E-state index contributed by atoms with van der Waals surface area (Å²) in [4.78, 5) is 26.9. The summed E-state index contributed by atoms with van der Waals surface area (Å²) >= 11 is 1.34. The van der Waals surface area contributed by atoms with E-state index in [0.717, 1.165) is 6.08 Å². The number of thiazole rings is 1. The second-order valence-corrected chi connectivity index (χ2v) is 6.69. The van der Waals surface area contributed by atoms with Gasteiger partial charge in [0.15, 0.2) is 11.1 Å². The maximum absolute atomic E-state index is 11.6. The van der Waals surface area contributed by atoms with Crippen molar-refractivity contribution in [1.29, 1.82) is 0 Å². The lowest BCUT2D eigenvalue weighted by atomic mass is 9.93. The van der Waals surface area contributed by atoms with Crippen LogP contribution in [-0.2, 0) is 19.1 Å². The fourth-order valence-corrected chi connectivity index (χ4v) is 3.02. The van der Waals surface area contributed by atoms with Crippen molar-refractivity contribution in [3.8, 4) is 11.8 Å². The van der Waals surface area contributed by atoms with Crippen LogP contribution in [0.15, 0.2) is 23.4 Å². The molecule has 0 fully saturated rings. The second kappa shape index (κ2) is 10.2. The molecular weight excluding hydrogens is 392 g/mol. The molecule has 0 aliphatic carbocycles. The van der Waals surface area contributed by atoms with Crippen LogP contribution in [0.5, 0.6) is 0 Å². The highest BCUT2D eigenvalue weighted by molar-refractivity contribution is 7.10. The first-order valence-corrected chi connectivity index (χ1v) is 9.07. The molecule has 1 aromatic rings. The van der Waals surface area contributed by atoms with Gasteiger partial charge in [0.1, 0.15) is 24.9 Å². The summed E-state index contributed by atoms with van der Waals surface area (Å²) < 4.78 is 10.8. The Kier molecular flexibility index (Phi) is 7.91. The number of hydrogen-bond donors (Lipinski definition) is 5. The number of hydrogen-bond acceptors (Lipinski definition) is 9. The van der Waals surface area contributed by atoms with Crippen molar-refractivity contribution in [2.45, 2.75) is 37.4 Å². The zero-order valence-corrected chi connectivity index (χ0v) is 15.6. The third-order valence-electron chi connectivity index (χ3n) is 3.76. The van der Waals surface area contributed by atoms with Crippen LogP contribution in [0.1, 0.15) is 11.9 Å². The molecule has 28 heavy (non-hydrogen) atoms. The molecule has 5 N–H and O–H groups in total. The Balaban J connectivity index is 2.24. The molecule has 2 rings (SSSR count). The lowest BCUT2D eigenvalue weighted by molar-refractivity contribution is -0.151. The Morgan fingerprint density at radius 3 is 2.79 bits per heavy atom. The Hall–Kier alpha value is -2.49. The molecule has 0 bridgehead atoms. The lowest BCUT2D eigenvalue weighted by Crippen LogP contribution is -2.60. The van der Waals surface area contributed by atoms with Crippen LogP contribution < -0.4 is 5.32 Å². The van der Waals surface area contributed by atoms with Crippen LogP contribution in [0.4, 0.5) is 0 Å². The Morgan fingerprint density at radius 2 is 2.21 bits per heavy atom. The molecule has 0 unspecified atom stereocenters. The van der Waals surface area contributed by atoms with Crippen molar-refractivity contribution in [1.82, 2.24) is 10.3 Å². The number of aromatic nitrogens is 1. The molecule has 1 aromatic heterocycles. The number of carboxylic acids is 1. The van der Waals surface area contributed by atoms with E-state index in [0.29, 0.717) is 5.01 Å². The summed E-state index contributed by atoms with van der Waals surface area (Å²) in [5.41, 5.74) is 0. The van der Waals surface area contributed by atoms with Gasteiger partial charge < -0.3 is 35.2 Å². The number of amides is 1. The molecule has 0 spiro atoms. The van der Waals surface area contributed by atoms with Crippen LogP contribution in [0.2, 0.25) is 0 Å².